The van der Waals surface area contributed by atoms with Crippen LogP contribution in [0.2, 0.25) is 0 Å². The van der Waals surface area contributed by atoms with E-state index < -0.39 is 5.97 Å². The number of aryl methyl sites for hydroxylation is 1. The maximum absolute atomic E-state index is 12.6. The Balaban J connectivity index is 1.68. The minimum atomic E-state index is -1.06. The van der Waals surface area contributed by atoms with Crippen LogP contribution in [-0.2, 0) is 6.42 Å². The normalized spacial score (nSPS) is 15.5. The van der Waals surface area contributed by atoms with Gasteiger partial charge < -0.3 is 14.4 Å². The van der Waals surface area contributed by atoms with Gasteiger partial charge in [0.2, 0.25) is 0 Å². The largest absolute Gasteiger partial charge is 0.478 e. The van der Waals surface area contributed by atoms with Gasteiger partial charge in [-0.15, -0.1) is 0 Å². The molecule has 0 saturated carbocycles. The summed E-state index contributed by atoms with van der Waals surface area (Å²) in [6.45, 7) is 3.12. The van der Waals surface area contributed by atoms with Gasteiger partial charge in [0.05, 0.1) is 0 Å². The van der Waals surface area contributed by atoms with E-state index >= 15 is 0 Å². The molecule has 5 nitrogen and oxygen atoms in total. The Morgan fingerprint density at radius 2 is 1.88 bits per heavy atom. The highest BCUT2D eigenvalue weighted by Crippen LogP contribution is 2.29. The molecule has 0 spiro atoms. The van der Waals surface area contributed by atoms with Crippen molar-refractivity contribution in [1.82, 2.24) is 4.90 Å². The van der Waals surface area contributed by atoms with Crippen LogP contribution in [0.4, 0.5) is 0 Å². The minimum Gasteiger partial charge on any atom is -0.478 e. The van der Waals surface area contributed by atoms with Gasteiger partial charge in [-0.25, -0.2) is 4.79 Å². The molecule has 3 rings (SSSR count). The van der Waals surface area contributed by atoms with Crippen molar-refractivity contribution in [3.8, 4) is 0 Å². The number of likely N-dealkylation sites (tertiary alicyclic amines) is 1. The van der Waals surface area contributed by atoms with Crippen molar-refractivity contribution < 1.29 is 19.1 Å². The first-order chi connectivity index (χ1) is 11.6. The molecule has 0 bridgehead atoms. The van der Waals surface area contributed by atoms with Crippen LogP contribution in [0.1, 0.15) is 57.9 Å². The summed E-state index contributed by atoms with van der Waals surface area (Å²) in [7, 11) is 0. The zero-order valence-corrected chi connectivity index (χ0v) is 13.7. The molecule has 1 aliphatic heterocycles. The molecule has 1 N–H and O–H groups in total. The van der Waals surface area contributed by atoms with Crippen molar-refractivity contribution in [2.45, 2.75) is 32.1 Å². The third kappa shape index (κ3) is 3.20. The Kier molecular flexibility index (Phi) is 4.69. The fraction of sp³-hybridized carbons (Fsp3) is 0.368. The number of hydrogen-bond donors (Lipinski definition) is 1. The monoisotopic (exact) mass is 327 g/mol. The number of hydrogen-bond acceptors (Lipinski definition) is 3. The van der Waals surface area contributed by atoms with E-state index in [4.69, 9.17) is 4.42 Å². The fourth-order valence-electron chi connectivity index (χ4n) is 3.27. The van der Waals surface area contributed by atoms with E-state index in [1.54, 1.807) is 4.90 Å². The molecule has 2 aromatic rings. The Hall–Kier alpha value is -2.56. The Morgan fingerprint density at radius 3 is 2.42 bits per heavy atom. The van der Waals surface area contributed by atoms with Gasteiger partial charge in [-0.1, -0.05) is 37.3 Å². The standard InChI is InChI=1S/C19H21NO4/c1-2-16-15(19(22)23)12-17(24-16)18(21)20-10-8-14(9-11-20)13-6-4-3-5-7-13/h3-7,12,14H,2,8-11H2,1H3,(H,22,23). The molecule has 0 atom stereocenters. The zero-order valence-electron chi connectivity index (χ0n) is 13.7. The van der Waals surface area contributed by atoms with Crippen LogP contribution in [-0.4, -0.2) is 35.0 Å². The highest BCUT2D eigenvalue weighted by molar-refractivity contribution is 5.96. The lowest BCUT2D eigenvalue weighted by molar-refractivity contribution is 0.0674. The average Bonchev–Trinajstić information content (AvgIpc) is 3.07. The molecule has 126 valence electrons. The van der Waals surface area contributed by atoms with E-state index in [2.05, 4.69) is 12.1 Å². The van der Waals surface area contributed by atoms with Crippen molar-refractivity contribution in [1.29, 1.82) is 0 Å². The summed E-state index contributed by atoms with van der Waals surface area (Å²) in [5.74, 6) is -0.332. The second-order valence-electron chi connectivity index (χ2n) is 6.08. The molecule has 1 aromatic carbocycles. The quantitative estimate of drug-likeness (QED) is 0.932. The van der Waals surface area contributed by atoms with Crippen LogP contribution < -0.4 is 0 Å². The molecule has 1 aliphatic rings. The highest BCUT2D eigenvalue weighted by atomic mass is 16.4. The molecule has 1 fully saturated rings. The van der Waals surface area contributed by atoms with Crippen LogP contribution in [0.15, 0.2) is 40.8 Å². The molecule has 2 heterocycles. The number of carbonyl (C=O) groups excluding carboxylic acids is 1. The number of carbonyl (C=O) groups is 2. The molecular formula is C19H21NO4. The second-order valence-corrected chi connectivity index (χ2v) is 6.08. The van der Waals surface area contributed by atoms with Crippen molar-refractivity contribution in [3.63, 3.8) is 0 Å². The number of benzene rings is 1. The smallest absolute Gasteiger partial charge is 0.339 e. The minimum absolute atomic E-state index is 0.0834. The van der Waals surface area contributed by atoms with E-state index in [9.17, 15) is 14.7 Å². The lowest BCUT2D eigenvalue weighted by Crippen LogP contribution is -2.37. The van der Waals surface area contributed by atoms with Crippen molar-refractivity contribution in [2.24, 2.45) is 0 Å². The number of furan rings is 1. The van der Waals surface area contributed by atoms with Gasteiger partial charge in [0.15, 0.2) is 5.76 Å². The molecule has 24 heavy (non-hydrogen) atoms. The lowest BCUT2D eigenvalue weighted by atomic mass is 9.89. The first-order valence-electron chi connectivity index (χ1n) is 8.30. The van der Waals surface area contributed by atoms with E-state index in [1.807, 2.05) is 25.1 Å². The highest BCUT2D eigenvalue weighted by Gasteiger charge is 2.28. The number of piperidine rings is 1. The summed E-state index contributed by atoms with van der Waals surface area (Å²) in [6, 6.07) is 11.7. The average molecular weight is 327 g/mol. The van der Waals surface area contributed by atoms with Crippen LogP contribution in [0.25, 0.3) is 0 Å². The maximum Gasteiger partial charge on any atom is 0.339 e. The summed E-state index contributed by atoms with van der Waals surface area (Å²) in [4.78, 5) is 25.5. The summed E-state index contributed by atoms with van der Waals surface area (Å²) >= 11 is 0. The van der Waals surface area contributed by atoms with Gasteiger partial charge in [0.25, 0.3) is 5.91 Å². The van der Waals surface area contributed by atoms with Gasteiger partial charge in [0.1, 0.15) is 11.3 Å². The predicted molar refractivity (Wildman–Crippen MR) is 89.4 cm³/mol. The Bertz CT molecular complexity index is 727. The van der Waals surface area contributed by atoms with Gasteiger partial charge >= 0.3 is 5.97 Å². The van der Waals surface area contributed by atoms with E-state index in [0.717, 1.165) is 12.8 Å². The molecule has 0 aliphatic carbocycles. The molecule has 1 aromatic heterocycles. The molecule has 5 heteroatoms. The van der Waals surface area contributed by atoms with E-state index in [0.29, 0.717) is 31.2 Å². The van der Waals surface area contributed by atoms with Crippen molar-refractivity contribution in [3.05, 3.63) is 59.0 Å². The first kappa shape index (κ1) is 16.3. The van der Waals surface area contributed by atoms with Crippen molar-refractivity contribution in [2.75, 3.05) is 13.1 Å². The summed E-state index contributed by atoms with van der Waals surface area (Å²) in [6.07, 6.45) is 2.26. The number of aromatic carboxylic acids is 1. The Morgan fingerprint density at radius 1 is 1.21 bits per heavy atom. The molecular weight excluding hydrogens is 306 g/mol. The fourth-order valence-corrected chi connectivity index (χ4v) is 3.27. The number of carboxylic acid groups (broad SMARTS) is 1. The van der Waals surface area contributed by atoms with Crippen LogP contribution >= 0.6 is 0 Å². The number of nitrogens with zero attached hydrogens (tertiary/aromatic N) is 1. The topological polar surface area (TPSA) is 70.8 Å². The van der Waals surface area contributed by atoms with E-state index in [-0.39, 0.29) is 17.2 Å². The first-order valence-corrected chi connectivity index (χ1v) is 8.30. The zero-order chi connectivity index (χ0) is 17.1. The summed E-state index contributed by atoms with van der Waals surface area (Å²) in [5, 5.41) is 9.18. The van der Waals surface area contributed by atoms with Gasteiger partial charge in [-0.05, 0) is 24.3 Å². The summed E-state index contributed by atoms with van der Waals surface area (Å²) < 4.78 is 5.48. The van der Waals surface area contributed by atoms with Crippen LogP contribution in [0, 0.1) is 0 Å². The van der Waals surface area contributed by atoms with E-state index in [1.165, 1.54) is 11.6 Å². The van der Waals surface area contributed by atoms with Crippen LogP contribution in [0.5, 0.6) is 0 Å². The summed E-state index contributed by atoms with van der Waals surface area (Å²) in [5.41, 5.74) is 1.39. The molecule has 0 radical (unpaired) electrons. The molecule has 1 saturated heterocycles. The third-order valence-electron chi connectivity index (χ3n) is 4.62. The number of rotatable bonds is 4. The molecule has 0 unspecified atom stereocenters. The molecule has 1 amide bonds. The third-order valence-corrected chi connectivity index (χ3v) is 4.62. The Labute approximate surface area is 140 Å². The number of amides is 1. The number of carboxylic acids is 1. The van der Waals surface area contributed by atoms with Gasteiger partial charge in [-0.2, -0.15) is 0 Å². The van der Waals surface area contributed by atoms with Crippen LogP contribution in [0.3, 0.4) is 0 Å². The predicted octanol–water partition coefficient (Wildman–Crippen LogP) is 3.56. The maximum atomic E-state index is 12.6. The van der Waals surface area contributed by atoms with Crippen molar-refractivity contribution >= 4 is 11.9 Å². The lowest BCUT2D eigenvalue weighted by Gasteiger charge is -2.31. The van der Waals surface area contributed by atoms with Gasteiger partial charge in [-0.3, -0.25) is 4.79 Å². The second kappa shape index (κ2) is 6.91. The van der Waals surface area contributed by atoms with Gasteiger partial charge in [0, 0.05) is 25.6 Å². The SMILES string of the molecule is CCc1oc(C(=O)N2CCC(c3ccccc3)CC2)cc1C(=O)O.